The minimum Gasteiger partial charge on any atom is -0.371 e. The highest BCUT2D eigenvalue weighted by atomic mass is 16.2. The largest absolute Gasteiger partial charge is 0.371 e. The number of piperidine rings is 1. The van der Waals surface area contributed by atoms with E-state index in [1.54, 1.807) is 6.08 Å². The van der Waals surface area contributed by atoms with E-state index < -0.39 is 0 Å². The van der Waals surface area contributed by atoms with Gasteiger partial charge >= 0.3 is 6.03 Å². The Labute approximate surface area is 183 Å². The molecule has 0 spiro atoms. The van der Waals surface area contributed by atoms with Gasteiger partial charge in [0.1, 0.15) is 0 Å². The summed E-state index contributed by atoms with van der Waals surface area (Å²) in [6, 6.07) is 16.3. The summed E-state index contributed by atoms with van der Waals surface area (Å²) >= 11 is 0. The Morgan fingerprint density at radius 2 is 1.71 bits per heavy atom. The molecule has 4 rings (SSSR count). The van der Waals surface area contributed by atoms with Crippen molar-refractivity contribution in [3.63, 3.8) is 0 Å². The smallest absolute Gasteiger partial charge is 0.315 e. The molecule has 0 saturated carbocycles. The lowest BCUT2D eigenvalue weighted by atomic mass is 9.98. The molecule has 1 saturated heterocycles. The van der Waals surface area contributed by atoms with Crippen molar-refractivity contribution in [3.8, 4) is 0 Å². The molecule has 162 valence electrons. The second-order valence-corrected chi connectivity index (χ2v) is 8.17. The molecule has 3 amide bonds. The number of nitrogens with one attached hydrogen (secondary N) is 2. The summed E-state index contributed by atoms with van der Waals surface area (Å²) in [6.45, 7) is 7.09. The van der Waals surface area contributed by atoms with E-state index in [0.29, 0.717) is 13.1 Å². The van der Waals surface area contributed by atoms with Gasteiger partial charge in [0, 0.05) is 44.5 Å². The number of benzene rings is 2. The minimum atomic E-state index is -0.153. The summed E-state index contributed by atoms with van der Waals surface area (Å²) in [6.07, 6.45) is 4.26. The van der Waals surface area contributed by atoms with Crippen molar-refractivity contribution in [2.24, 2.45) is 0 Å². The number of hydrogen-bond donors (Lipinski definition) is 2. The molecule has 1 fully saturated rings. The fourth-order valence-electron chi connectivity index (χ4n) is 4.44. The fourth-order valence-corrected chi connectivity index (χ4v) is 4.44. The van der Waals surface area contributed by atoms with E-state index in [9.17, 15) is 9.59 Å². The fraction of sp³-hybridized carbons (Fsp3) is 0.360. The highest BCUT2D eigenvalue weighted by molar-refractivity contribution is 6.00. The van der Waals surface area contributed by atoms with Gasteiger partial charge in [-0.15, -0.1) is 6.58 Å². The quantitative estimate of drug-likeness (QED) is 0.732. The molecule has 31 heavy (non-hydrogen) atoms. The average Bonchev–Trinajstić information content (AvgIpc) is 2.82. The van der Waals surface area contributed by atoms with Crippen molar-refractivity contribution in [2.45, 2.75) is 31.8 Å². The molecule has 0 aliphatic carbocycles. The molecular weight excluding hydrogens is 388 g/mol. The van der Waals surface area contributed by atoms with E-state index in [2.05, 4.69) is 40.3 Å². The van der Waals surface area contributed by atoms with Crippen LogP contribution in [-0.2, 0) is 13.0 Å². The number of urea groups is 1. The number of rotatable bonds is 5. The Balaban J connectivity index is 1.41. The van der Waals surface area contributed by atoms with Gasteiger partial charge in [-0.2, -0.15) is 0 Å². The summed E-state index contributed by atoms with van der Waals surface area (Å²) in [4.78, 5) is 29.5. The number of hydrogen-bond acceptors (Lipinski definition) is 3. The molecule has 2 aromatic carbocycles. The first-order valence-electron chi connectivity index (χ1n) is 11.0. The first-order chi connectivity index (χ1) is 15.2. The highest BCUT2D eigenvalue weighted by Gasteiger charge is 2.27. The molecule has 0 atom stereocenters. The second-order valence-electron chi connectivity index (χ2n) is 8.17. The topological polar surface area (TPSA) is 64.7 Å². The number of para-hydroxylation sites is 1. The summed E-state index contributed by atoms with van der Waals surface area (Å²) < 4.78 is 0. The van der Waals surface area contributed by atoms with Gasteiger partial charge in [0.2, 0.25) is 0 Å². The van der Waals surface area contributed by atoms with E-state index in [4.69, 9.17) is 0 Å². The average molecular weight is 419 g/mol. The molecule has 0 unspecified atom stereocenters. The number of anilines is 1. The zero-order valence-corrected chi connectivity index (χ0v) is 17.8. The molecule has 6 nitrogen and oxygen atoms in total. The lowest BCUT2D eigenvalue weighted by Crippen LogP contribution is -2.48. The maximum atomic E-state index is 13.4. The first-order valence-corrected chi connectivity index (χ1v) is 11.0. The number of fused-ring (bicyclic) bond motifs is 1. The summed E-state index contributed by atoms with van der Waals surface area (Å²) in [5.41, 5.74) is 4.32. The van der Waals surface area contributed by atoms with Crippen molar-refractivity contribution in [1.82, 2.24) is 15.5 Å². The lowest BCUT2D eigenvalue weighted by molar-refractivity contribution is 0.0735. The molecule has 0 bridgehead atoms. The van der Waals surface area contributed by atoms with Gasteiger partial charge in [-0.3, -0.25) is 4.79 Å². The zero-order chi connectivity index (χ0) is 21.6. The van der Waals surface area contributed by atoms with Crippen LogP contribution in [0.25, 0.3) is 0 Å². The van der Waals surface area contributed by atoms with E-state index in [1.165, 1.54) is 11.1 Å². The van der Waals surface area contributed by atoms with Crippen LogP contribution in [-0.4, -0.2) is 49.1 Å². The number of carbonyl (C=O) groups is 2. The maximum Gasteiger partial charge on any atom is 0.315 e. The zero-order valence-electron chi connectivity index (χ0n) is 17.8. The highest BCUT2D eigenvalue weighted by Crippen LogP contribution is 2.27. The third kappa shape index (κ3) is 4.90. The van der Waals surface area contributed by atoms with Crippen LogP contribution in [0.1, 0.15) is 34.3 Å². The van der Waals surface area contributed by atoms with Crippen molar-refractivity contribution < 1.29 is 9.59 Å². The maximum absolute atomic E-state index is 13.4. The van der Waals surface area contributed by atoms with E-state index in [-0.39, 0.29) is 18.0 Å². The Kier molecular flexibility index (Phi) is 6.55. The van der Waals surface area contributed by atoms with Crippen LogP contribution in [0.4, 0.5) is 10.5 Å². The SMILES string of the molecule is C=CCNC(=O)NC1CCN(c2ccccc2C(=O)N2CCc3ccccc3C2)CC1. The lowest BCUT2D eigenvalue weighted by Gasteiger charge is -2.36. The Bertz CT molecular complexity index is 950. The van der Waals surface area contributed by atoms with Crippen LogP contribution in [0, 0.1) is 0 Å². The van der Waals surface area contributed by atoms with Gasteiger partial charge in [0.25, 0.3) is 5.91 Å². The molecule has 0 radical (unpaired) electrons. The Hall–Kier alpha value is -3.28. The van der Waals surface area contributed by atoms with Crippen LogP contribution in [0.3, 0.4) is 0 Å². The molecule has 2 heterocycles. The third-order valence-corrected chi connectivity index (χ3v) is 6.13. The van der Waals surface area contributed by atoms with Gasteiger partial charge in [0.05, 0.1) is 5.56 Å². The minimum absolute atomic E-state index is 0.0918. The number of nitrogens with zero attached hydrogens (tertiary/aromatic N) is 2. The molecule has 2 aliphatic rings. The van der Waals surface area contributed by atoms with E-state index >= 15 is 0 Å². The van der Waals surface area contributed by atoms with Gasteiger partial charge < -0.3 is 20.4 Å². The second kappa shape index (κ2) is 9.69. The first kappa shape index (κ1) is 21.0. The van der Waals surface area contributed by atoms with Crippen molar-refractivity contribution >= 4 is 17.6 Å². The molecule has 2 aromatic rings. The van der Waals surface area contributed by atoms with Gasteiger partial charge in [-0.05, 0) is 42.5 Å². The molecule has 0 aromatic heterocycles. The van der Waals surface area contributed by atoms with Crippen LogP contribution in [0.15, 0.2) is 61.2 Å². The van der Waals surface area contributed by atoms with Crippen molar-refractivity contribution in [2.75, 3.05) is 31.1 Å². The van der Waals surface area contributed by atoms with Crippen LogP contribution >= 0.6 is 0 Å². The standard InChI is InChI=1S/C25H30N4O2/c1-2-14-26-25(31)27-21-12-16-28(17-13-21)23-10-6-5-9-22(23)24(30)29-15-11-19-7-3-4-8-20(19)18-29/h2-10,21H,1,11-18H2,(H2,26,27,31). The third-order valence-electron chi connectivity index (χ3n) is 6.13. The predicted octanol–water partition coefficient (Wildman–Crippen LogP) is 3.34. The van der Waals surface area contributed by atoms with Gasteiger partial charge in [-0.25, -0.2) is 4.79 Å². The summed E-state index contributed by atoms with van der Waals surface area (Å²) in [7, 11) is 0. The van der Waals surface area contributed by atoms with Crippen LogP contribution < -0.4 is 15.5 Å². The molecule has 6 heteroatoms. The number of amides is 3. The predicted molar refractivity (Wildman–Crippen MR) is 123 cm³/mol. The van der Waals surface area contributed by atoms with Gasteiger partial charge in [-0.1, -0.05) is 42.5 Å². The van der Waals surface area contributed by atoms with Gasteiger partial charge in [0.15, 0.2) is 0 Å². The van der Waals surface area contributed by atoms with E-state index in [0.717, 1.165) is 50.1 Å². The van der Waals surface area contributed by atoms with Crippen molar-refractivity contribution in [1.29, 1.82) is 0 Å². The normalized spacial score (nSPS) is 16.4. The van der Waals surface area contributed by atoms with Crippen molar-refractivity contribution in [3.05, 3.63) is 77.9 Å². The summed E-state index contributed by atoms with van der Waals surface area (Å²) in [5.74, 6) is 0.0918. The van der Waals surface area contributed by atoms with Crippen LogP contribution in [0.2, 0.25) is 0 Å². The monoisotopic (exact) mass is 418 g/mol. The van der Waals surface area contributed by atoms with E-state index in [1.807, 2.05) is 35.2 Å². The molecule has 2 aliphatic heterocycles. The Morgan fingerprint density at radius 3 is 2.48 bits per heavy atom. The van der Waals surface area contributed by atoms with Crippen LogP contribution in [0.5, 0.6) is 0 Å². The molecular formula is C25H30N4O2. The summed E-state index contributed by atoms with van der Waals surface area (Å²) in [5, 5.41) is 5.78. The molecule has 2 N–H and O–H groups in total. The Morgan fingerprint density at radius 1 is 1.00 bits per heavy atom. The number of carbonyl (C=O) groups excluding carboxylic acids is 2.